The molecular weight excluding hydrogens is 240 g/mol. The molecule has 4 amide bonds. The van der Waals surface area contributed by atoms with Crippen LogP contribution in [0.3, 0.4) is 0 Å². The van der Waals surface area contributed by atoms with E-state index in [4.69, 9.17) is 11.6 Å². The first-order chi connectivity index (χ1) is 7.09. The highest BCUT2D eigenvalue weighted by molar-refractivity contribution is 7.14. The zero-order chi connectivity index (χ0) is 11.0. The van der Waals surface area contributed by atoms with Crippen molar-refractivity contribution >= 4 is 40.8 Å². The molecule has 1 aromatic rings. The molecule has 0 aromatic carbocycles. The Balaban J connectivity index is 2.37. The highest BCUT2D eigenvalue weighted by Gasteiger charge is 2.36. The van der Waals surface area contributed by atoms with Crippen LogP contribution in [0.2, 0.25) is 4.34 Å². The minimum absolute atomic E-state index is 0.375. The van der Waals surface area contributed by atoms with Gasteiger partial charge < -0.3 is 0 Å². The van der Waals surface area contributed by atoms with E-state index in [-0.39, 0.29) is 0 Å². The average Bonchev–Trinajstić information content (AvgIpc) is 2.50. The number of urea groups is 1. The van der Waals surface area contributed by atoms with E-state index in [0.717, 1.165) is 0 Å². The van der Waals surface area contributed by atoms with Gasteiger partial charge in [-0.05, 0) is 11.4 Å². The molecule has 1 aliphatic heterocycles. The molecule has 78 valence electrons. The first-order valence-corrected chi connectivity index (χ1v) is 5.24. The lowest BCUT2D eigenvalue weighted by Crippen LogP contribution is -2.54. The third kappa shape index (κ3) is 1.73. The van der Waals surface area contributed by atoms with Crippen LogP contribution >= 0.6 is 22.9 Å². The number of hydrogen-bond acceptors (Lipinski definition) is 4. The van der Waals surface area contributed by atoms with Gasteiger partial charge in [0.25, 0.3) is 0 Å². The lowest BCUT2D eigenvalue weighted by molar-refractivity contribution is -0.132. The summed E-state index contributed by atoms with van der Waals surface area (Å²) in [6, 6.07) is 0.791. The fraction of sp³-hybridized carbons (Fsp3) is 0.125. The summed E-state index contributed by atoms with van der Waals surface area (Å²) in [4.78, 5) is 33.6. The maximum Gasteiger partial charge on any atom is 0.328 e. The Bertz CT molecular complexity index is 436. The molecule has 0 atom stereocenters. The third-order valence-corrected chi connectivity index (χ3v) is 3.16. The maximum absolute atomic E-state index is 11.4. The molecule has 0 aliphatic carbocycles. The lowest BCUT2D eigenvalue weighted by atomic mass is 9.99. The number of thiophene rings is 1. The van der Waals surface area contributed by atoms with Gasteiger partial charge in [-0.15, -0.1) is 11.3 Å². The largest absolute Gasteiger partial charge is 0.328 e. The third-order valence-electron chi connectivity index (χ3n) is 1.95. The molecule has 1 aromatic heterocycles. The van der Waals surface area contributed by atoms with Crippen LogP contribution in [-0.2, 0) is 9.59 Å². The molecule has 15 heavy (non-hydrogen) atoms. The number of halogens is 1. The van der Waals surface area contributed by atoms with E-state index in [9.17, 15) is 14.4 Å². The summed E-state index contributed by atoms with van der Waals surface area (Å²) in [6.07, 6.45) is 0. The Morgan fingerprint density at radius 3 is 2.27 bits per heavy atom. The maximum atomic E-state index is 11.4. The highest BCUT2D eigenvalue weighted by Crippen LogP contribution is 2.30. The summed E-state index contributed by atoms with van der Waals surface area (Å²) in [5.74, 6) is -2.34. The number of rotatable bonds is 1. The van der Waals surface area contributed by atoms with Crippen LogP contribution in [0.15, 0.2) is 11.4 Å². The van der Waals surface area contributed by atoms with Crippen LogP contribution in [0.25, 0.3) is 0 Å². The first kappa shape index (κ1) is 10.1. The standard InChI is InChI=1S/C8H5ClN2O3S/c9-5-3(1-2-15-5)4-6(12)10-8(14)11-7(4)13/h1-2,4H,(H2,10,11,12,13,14). The van der Waals surface area contributed by atoms with Gasteiger partial charge in [0.15, 0.2) is 0 Å². The second kappa shape index (κ2) is 3.63. The van der Waals surface area contributed by atoms with Gasteiger partial charge in [0, 0.05) is 5.56 Å². The molecule has 0 saturated carbocycles. The molecule has 0 radical (unpaired) electrons. The van der Waals surface area contributed by atoms with Crippen molar-refractivity contribution in [1.82, 2.24) is 10.6 Å². The summed E-state index contributed by atoms with van der Waals surface area (Å²) < 4.78 is 0.375. The van der Waals surface area contributed by atoms with Gasteiger partial charge in [0.2, 0.25) is 11.8 Å². The minimum Gasteiger partial charge on any atom is -0.277 e. The minimum atomic E-state index is -1.04. The van der Waals surface area contributed by atoms with Crippen molar-refractivity contribution in [2.24, 2.45) is 0 Å². The zero-order valence-corrected chi connectivity index (χ0v) is 8.82. The molecule has 2 heterocycles. The van der Waals surface area contributed by atoms with Crippen LogP contribution in [0, 0.1) is 0 Å². The molecule has 1 aliphatic rings. The van der Waals surface area contributed by atoms with Crippen molar-refractivity contribution in [2.45, 2.75) is 5.92 Å². The zero-order valence-electron chi connectivity index (χ0n) is 7.24. The fourth-order valence-corrected chi connectivity index (χ4v) is 2.29. The number of carbonyl (C=O) groups is 3. The van der Waals surface area contributed by atoms with Crippen LogP contribution < -0.4 is 10.6 Å². The van der Waals surface area contributed by atoms with E-state index in [0.29, 0.717) is 9.90 Å². The van der Waals surface area contributed by atoms with E-state index in [1.165, 1.54) is 11.3 Å². The second-order valence-electron chi connectivity index (χ2n) is 2.89. The van der Waals surface area contributed by atoms with Gasteiger partial charge in [0.1, 0.15) is 5.92 Å². The molecule has 0 spiro atoms. The number of hydrogen-bond donors (Lipinski definition) is 2. The molecule has 5 nitrogen and oxygen atoms in total. The fourth-order valence-electron chi connectivity index (χ4n) is 1.31. The van der Waals surface area contributed by atoms with Crippen molar-refractivity contribution in [1.29, 1.82) is 0 Å². The van der Waals surface area contributed by atoms with Gasteiger partial charge in [-0.2, -0.15) is 0 Å². The van der Waals surface area contributed by atoms with E-state index >= 15 is 0 Å². The summed E-state index contributed by atoms with van der Waals surface area (Å²) in [7, 11) is 0. The molecule has 1 saturated heterocycles. The predicted molar refractivity (Wildman–Crippen MR) is 53.8 cm³/mol. The Morgan fingerprint density at radius 2 is 1.80 bits per heavy atom. The average molecular weight is 245 g/mol. The number of barbiturate groups is 1. The molecule has 2 N–H and O–H groups in total. The van der Waals surface area contributed by atoms with Gasteiger partial charge in [0.05, 0.1) is 4.34 Å². The van der Waals surface area contributed by atoms with E-state index in [1.54, 1.807) is 11.4 Å². The predicted octanol–water partition coefficient (Wildman–Crippen LogP) is 0.851. The Morgan fingerprint density at radius 1 is 1.20 bits per heavy atom. The van der Waals surface area contributed by atoms with Crippen molar-refractivity contribution in [3.63, 3.8) is 0 Å². The Kier molecular flexibility index (Phi) is 2.45. The molecule has 0 bridgehead atoms. The summed E-state index contributed by atoms with van der Waals surface area (Å²) in [5.41, 5.74) is 0.421. The first-order valence-electron chi connectivity index (χ1n) is 3.98. The van der Waals surface area contributed by atoms with Crippen molar-refractivity contribution < 1.29 is 14.4 Å². The van der Waals surface area contributed by atoms with Crippen LogP contribution in [0.5, 0.6) is 0 Å². The normalized spacial score (nSPS) is 17.5. The molecule has 2 rings (SSSR count). The smallest absolute Gasteiger partial charge is 0.277 e. The molecule has 1 fully saturated rings. The SMILES string of the molecule is O=C1NC(=O)C(c2ccsc2Cl)C(=O)N1. The molecule has 7 heteroatoms. The number of nitrogens with one attached hydrogen (secondary N) is 2. The van der Waals surface area contributed by atoms with Crippen molar-refractivity contribution in [2.75, 3.05) is 0 Å². The number of carbonyl (C=O) groups excluding carboxylic acids is 3. The quantitative estimate of drug-likeness (QED) is 0.719. The Hall–Kier alpha value is -1.40. The molecular formula is C8H5ClN2O3S. The second-order valence-corrected chi connectivity index (χ2v) is 4.41. The lowest BCUT2D eigenvalue weighted by Gasteiger charge is -2.19. The van der Waals surface area contributed by atoms with Crippen LogP contribution in [-0.4, -0.2) is 17.8 Å². The van der Waals surface area contributed by atoms with E-state index < -0.39 is 23.8 Å². The topological polar surface area (TPSA) is 75.3 Å². The number of imide groups is 2. The van der Waals surface area contributed by atoms with E-state index in [2.05, 4.69) is 0 Å². The summed E-state index contributed by atoms with van der Waals surface area (Å²) >= 11 is 7.04. The Labute approximate surface area is 93.4 Å². The monoisotopic (exact) mass is 244 g/mol. The van der Waals surface area contributed by atoms with Gasteiger partial charge >= 0.3 is 6.03 Å². The van der Waals surface area contributed by atoms with Crippen LogP contribution in [0.1, 0.15) is 11.5 Å². The van der Waals surface area contributed by atoms with Gasteiger partial charge in [-0.1, -0.05) is 11.6 Å². The van der Waals surface area contributed by atoms with Gasteiger partial charge in [-0.3, -0.25) is 20.2 Å². The van der Waals surface area contributed by atoms with Gasteiger partial charge in [-0.25, -0.2) is 4.79 Å². The van der Waals surface area contributed by atoms with E-state index in [1.807, 2.05) is 10.6 Å². The van der Waals surface area contributed by atoms with Crippen molar-refractivity contribution in [3.8, 4) is 0 Å². The summed E-state index contributed by atoms with van der Waals surface area (Å²) in [5, 5.41) is 5.70. The summed E-state index contributed by atoms with van der Waals surface area (Å²) in [6.45, 7) is 0. The van der Waals surface area contributed by atoms with Crippen molar-refractivity contribution in [3.05, 3.63) is 21.3 Å². The molecule has 0 unspecified atom stereocenters. The highest BCUT2D eigenvalue weighted by atomic mass is 35.5. The van der Waals surface area contributed by atoms with Crippen LogP contribution in [0.4, 0.5) is 4.79 Å². The number of amides is 4.